The predicted molar refractivity (Wildman–Crippen MR) is 130 cm³/mol. The predicted octanol–water partition coefficient (Wildman–Crippen LogP) is 5.03. The third kappa shape index (κ3) is 3.42. The van der Waals surface area contributed by atoms with E-state index < -0.39 is 5.60 Å². The van der Waals surface area contributed by atoms with Crippen molar-refractivity contribution in [1.29, 1.82) is 0 Å². The van der Waals surface area contributed by atoms with E-state index in [9.17, 15) is 9.90 Å². The summed E-state index contributed by atoms with van der Waals surface area (Å²) in [6.45, 7) is 4.75. The molecule has 1 heterocycles. The minimum absolute atomic E-state index is 0.110. The average molecular weight is 466 g/mol. The molecule has 6 nitrogen and oxygen atoms in total. The van der Waals surface area contributed by atoms with E-state index in [0.29, 0.717) is 29.9 Å². The van der Waals surface area contributed by atoms with Crippen LogP contribution in [0.2, 0.25) is 0 Å². The Morgan fingerprint density at radius 3 is 2.74 bits per heavy atom. The summed E-state index contributed by atoms with van der Waals surface area (Å²) in [5.74, 6) is 4.85. The summed E-state index contributed by atoms with van der Waals surface area (Å²) >= 11 is 0. The number of ketones is 1. The highest BCUT2D eigenvalue weighted by Gasteiger charge is 2.58. The van der Waals surface area contributed by atoms with Gasteiger partial charge < -0.3 is 9.84 Å². The van der Waals surface area contributed by atoms with Crippen molar-refractivity contribution in [2.45, 2.75) is 83.8 Å². The monoisotopic (exact) mass is 465 g/mol. The lowest BCUT2D eigenvalue weighted by molar-refractivity contribution is -0.133. The molecule has 34 heavy (non-hydrogen) atoms. The van der Waals surface area contributed by atoms with E-state index in [2.05, 4.69) is 17.2 Å². The highest BCUT2D eigenvalue weighted by molar-refractivity contribution is 5.85. The molecule has 4 fully saturated rings. The zero-order valence-electron chi connectivity index (χ0n) is 20.9. The second-order valence-electron chi connectivity index (χ2n) is 12.4. The molecule has 0 unspecified atom stereocenters. The van der Waals surface area contributed by atoms with Gasteiger partial charge in [0.25, 0.3) is 0 Å². The quantitative estimate of drug-likeness (QED) is 0.685. The lowest BCUT2D eigenvalue weighted by atomic mass is 9.49. The Bertz CT molecular complexity index is 1090. The van der Waals surface area contributed by atoms with Crippen LogP contribution in [0.15, 0.2) is 18.2 Å². The van der Waals surface area contributed by atoms with Crippen molar-refractivity contribution < 1.29 is 14.6 Å². The van der Waals surface area contributed by atoms with Crippen LogP contribution in [0.1, 0.15) is 71.6 Å². The van der Waals surface area contributed by atoms with Crippen LogP contribution >= 0.6 is 0 Å². The van der Waals surface area contributed by atoms with Crippen LogP contribution in [0.4, 0.5) is 0 Å². The number of aliphatic hydroxyl groups is 1. The highest BCUT2D eigenvalue weighted by Crippen LogP contribution is 2.64. The number of ether oxygens (including phenoxy) is 1. The SMILES string of the molecule is COc1cccc2c1nnn2CC(=O)[C@H]1CC[C@H]2[C@@H]3CC[C@@H]4C[C@](C)(O)CC[C@@H]4[C@H]3CC[C@]12C. The molecule has 6 heteroatoms. The molecule has 4 aliphatic rings. The fourth-order valence-electron chi connectivity index (χ4n) is 9.12. The lowest BCUT2D eigenvalue weighted by Crippen LogP contribution is -2.51. The van der Waals surface area contributed by atoms with E-state index in [1.165, 1.54) is 38.5 Å². The van der Waals surface area contributed by atoms with Crippen molar-refractivity contribution in [2.75, 3.05) is 7.11 Å². The Balaban J connectivity index is 1.20. The van der Waals surface area contributed by atoms with Gasteiger partial charge >= 0.3 is 0 Å². The first kappa shape index (κ1) is 22.5. The van der Waals surface area contributed by atoms with E-state index in [1.807, 2.05) is 25.1 Å². The van der Waals surface area contributed by atoms with Gasteiger partial charge in [0.15, 0.2) is 11.3 Å². The van der Waals surface area contributed by atoms with E-state index in [1.54, 1.807) is 11.8 Å². The Morgan fingerprint density at radius 2 is 1.91 bits per heavy atom. The molecule has 1 N–H and O–H groups in total. The van der Waals surface area contributed by atoms with Crippen molar-refractivity contribution >= 4 is 16.8 Å². The van der Waals surface area contributed by atoms with Gasteiger partial charge in [-0.3, -0.25) is 4.79 Å². The summed E-state index contributed by atoms with van der Waals surface area (Å²) in [4.78, 5) is 13.7. The molecule has 0 aliphatic heterocycles. The fourth-order valence-corrected chi connectivity index (χ4v) is 9.12. The van der Waals surface area contributed by atoms with Gasteiger partial charge in [0.05, 0.1) is 18.2 Å². The average Bonchev–Trinajstić information content (AvgIpc) is 3.38. The Hall–Kier alpha value is -1.95. The molecule has 0 amide bonds. The normalized spacial score (nSPS) is 41.5. The molecule has 0 saturated heterocycles. The minimum atomic E-state index is -0.461. The number of Topliss-reactive ketones (excluding diaryl/α,β-unsaturated/α-hetero) is 1. The summed E-state index contributed by atoms with van der Waals surface area (Å²) in [5.41, 5.74) is 1.23. The standard InChI is InChI=1S/C28H39N3O3/c1-27(33)13-11-18-17(15-27)7-8-20-19(18)12-14-28(2)21(20)9-10-22(28)24(32)16-31-23-5-4-6-25(34-3)26(23)29-30-31/h4-6,17-22,33H,7-16H2,1-3H3/t17-,18+,19-,20-,21+,22-,27-,28+/m1/s1. The molecule has 4 saturated carbocycles. The van der Waals surface area contributed by atoms with Gasteiger partial charge in [0.2, 0.25) is 0 Å². The Labute approximate surface area is 202 Å². The van der Waals surface area contributed by atoms with Crippen molar-refractivity contribution in [2.24, 2.45) is 40.9 Å². The Morgan fingerprint density at radius 1 is 1.09 bits per heavy atom. The van der Waals surface area contributed by atoms with Gasteiger partial charge in [0, 0.05) is 5.92 Å². The second-order valence-corrected chi connectivity index (χ2v) is 12.4. The van der Waals surface area contributed by atoms with Crippen LogP contribution in [0.25, 0.3) is 11.0 Å². The first-order valence-corrected chi connectivity index (χ1v) is 13.4. The first-order chi connectivity index (χ1) is 16.3. The second kappa shape index (κ2) is 8.04. The van der Waals surface area contributed by atoms with Crippen molar-refractivity contribution in [3.63, 3.8) is 0 Å². The maximum absolute atomic E-state index is 13.7. The molecular formula is C28H39N3O3. The summed E-state index contributed by atoms with van der Waals surface area (Å²) in [7, 11) is 1.64. The molecule has 184 valence electrons. The number of hydrogen-bond acceptors (Lipinski definition) is 5. The number of fused-ring (bicyclic) bond motifs is 6. The molecular weight excluding hydrogens is 426 g/mol. The number of carbonyl (C=O) groups excluding carboxylic acids is 1. The molecule has 0 bridgehead atoms. The molecule has 0 spiro atoms. The van der Waals surface area contributed by atoms with Gasteiger partial charge in [-0.15, -0.1) is 5.10 Å². The van der Waals surface area contributed by atoms with Crippen LogP contribution in [0, 0.1) is 40.9 Å². The molecule has 4 aliphatic carbocycles. The largest absolute Gasteiger partial charge is 0.494 e. The topological polar surface area (TPSA) is 77.2 Å². The fraction of sp³-hybridized carbons (Fsp3) is 0.750. The number of benzene rings is 1. The summed E-state index contributed by atoms with van der Waals surface area (Å²) < 4.78 is 7.18. The van der Waals surface area contributed by atoms with Crippen LogP contribution in [0.3, 0.4) is 0 Å². The molecule has 0 radical (unpaired) electrons. The molecule has 1 aromatic heterocycles. The van der Waals surface area contributed by atoms with Gasteiger partial charge in [-0.2, -0.15) is 0 Å². The number of aromatic nitrogens is 3. The lowest BCUT2D eigenvalue weighted by Gasteiger charge is -2.56. The van der Waals surface area contributed by atoms with Gasteiger partial charge in [-0.1, -0.05) is 18.2 Å². The maximum atomic E-state index is 13.7. The molecule has 6 rings (SSSR count). The van der Waals surface area contributed by atoms with E-state index >= 15 is 0 Å². The van der Waals surface area contributed by atoms with E-state index in [0.717, 1.165) is 48.0 Å². The highest BCUT2D eigenvalue weighted by atomic mass is 16.5. The minimum Gasteiger partial charge on any atom is -0.494 e. The van der Waals surface area contributed by atoms with Crippen molar-refractivity contribution in [1.82, 2.24) is 15.0 Å². The van der Waals surface area contributed by atoms with Crippen molar-refractivity contribution in [3.8, 4) is 5.75 Å². The van der Waals surface area contributed by atoms with Crippen molar-refractivity contribution in [3.05, 3.63) is 18.2 Å². The number of hydrogen-bond donors (Lipinski definition) is 1. The maximum Gasteiger partial charge on any atom is 0.157 e. The molecule has 8 atom stereocenters. The number of carbonyl (C=O) groups is 1. The van der Waals surface area contributed by atoms with Crippen LogP contribution in [-0.2, 0) is 11.3 Å². The van der Waals surface area contributed by atoms with E-state index in [-0.39, 0.29) is 11.3 Å². The number of methoxy groups -OCH3 is 1. The zero-order chi connectivity index (χ0) is 23.7. The third-order valence-corrected chi connectivity index (χ3v) is 10.7. The first-order valence-electron chi connectivity index (χ1n) is 13.4. The smallest absolute Gasteiger partial charge is 0.157 e. The zero-order valence-corrected chi connectivity index (χ0v) is 20.9. The summed E-state index contributed by atoms with van der Waals surface area (Å²) in [6.07, 6.45) is 10.3. The van der Waals surface area contributed by atoms with Gasteiger partial charge in [-0.05, 0) is 112 Å². The summed E-state index contributed by atoms with van der Waals surface area (Å²) in [6, 6.07) is 5.78. The van der Waals surface area contributed by atoms with E-state index in [4.69, 9.17) is 4.74 Å². The van der Waals surface area contributed by atoms with Gasteiger partial charge in [0.1, 0.15) is 12.3 Å². The third-order valence-electron chi connectivity index (χ3n) is 10.7. The Kier molecular flexibility index (Phi) is 5.32. The number of rotatable bonds is 4. The number of nitrogens with zero attached hydrogens (tertiary/aromatic N) is 3. The van der Waals surface area contributed by atoms with Crippen LogP contribution in [-0.4, -0.2) is 38.6 Å². The van der Waals surface area contributed by atoms with Crippen LogP contribution in [0.5, 0.6) is 5.75 Å². The van der Waals surface area contributed by atoms with Gasteiger partial charge in [-0.25, -0.2) is 4.68 Å². The summed E-state index contributed by atoms with van der Waals surface area (Å²) in [5, 5.41) is 19.2. The van der Waals surface area contributed by atoms with Crippen LogP contribution < -0.4 is 4.74 Å². The molecule has 2 aromatic rings. The molecule has 1 aromatic carbocycles.